The van der Waals surface area contributed by atoms with Gasteiger partial charge >= 0.3 is 0 Å². The van der Waals surface area contributed by atoms with E-state index in [1.54, 1.807) is 25.9 Å². The fraction of sp³-hybridized carbons (Fsp3) is 0.889. The summed E-state index contributed by atoms with van der Waals surface area (Å²) in [5.41, 5.74) is 0. The highest BCUT2D eigenvalue weighted by Gasteiger charge is 2.21. The minimum Gasteiger partial charge on any atom is -0.395 e. The first-order chi connectivity index (χ1) is 6.54. The number of carbonyl (C=O) groups is 1. The summed E-state index contributed by atoms with van der Waals surface area (Å²) in [5.74, 6) is -0.0214. The predicted molar refractivity (Wildman–Crippen MR) is 53.9 cm³/mol. The number of aliphatic hydroxyl groups is 2. The van der Waals surface area contributed by atoms with Crippen LogP contribution in [0.2, 0.25) is 0 Å². The van der Waals surface area contributed by atoms with Gasteiger partial charge in [0.05, 0.1) is 19.3 Å². The third kappa shape index (κ3) is 4.04. The van der Waals surface area contributed by atoms with Crippen molar-refractivity contribution in [1.82, 2.24) is 9.80 Å². The zero-order valence-electron chi connectivity index (χ0n) is 9.10. The van der Waals surface area contributed by atoms with Crippen molar-refractivity contribution in [2.24, 2.45) is 0 Å². The Balaban J connectivity index is 4.26. The van der Waals surface area contributed by atoms with E-state index in [2.05, 4.69) is 0 Å². The first kappa shape index (κ1) is 13.4. The van der Waals surface area contributed by atoms with Gasteiger partial charge in [-0.05, 0) is 6.92 Å². The Hall–Kier alpha value is -0.650. The Kier molecular flexibility index (Phi) is 6.44. The second kappa shape index (κ2) is 6.75. The maximum atomic E-state index is 11.6. The van der Waals surface area contributed by atoms with Gasteiger partial charge in [0.1, 0.15) is 0 Å². The Morgan fingerprint density at radius 1 is 1.21 bits per heavy atom. The van der Waals surface area contributed by atoms with E-state index in [9.17, 15) is 4.79 Å². The normalized spacial score (nSPS) is 13.0. The van der Waals surface area contributed by atoms with Crippen molar-refractivity contribution in [3.63, 3.8) is 0 Å². The lowest BCUT2D eigenvalue weighted by Crippen LogP contribution is -2.46. The van der Waals surface area contributed by atoms with Crippen LogP contribution in [0.5, 0.6) is 0 Å². The van der Waals surface area contributed by atoms with Crippen LogP contribution in [0.4, 0.5) is 0 Å². The third-order valence-corrected chi connectivity index (χ3v) is 2.12. The monoisotopic (exact) mass is 204 g/mol. The topological polar surface area (TPSA) is 64.0 Å². The maximum absolute atomic E-state index is 11.6. The van der Waals surface area contributed by atoms with Gasteiger partial charge in [-0.1, -0.05) is 0 Å². The Morgan fingerprint density at radius 2 is 1.64 bits per heavy atom. The summed E-state index contributed by atoms with van der Waals surface area (Å²) in [7, 11) is 3.38. The van der Waals surface area contributed by atoms with Crippen LogP contribution in [0.3, 0.4) is 0 Å². The molecule has 0 heterocycles. The first-order valence-corrected chi connectivity index (χ1v) is 4.71. The number of aliphatic hydroxyl groups excluding tert-OH is 2. The van der Waals surface area contributed by atoms with Crippen molar-refractivity contribution < 1.29 is 15.0 Å². The van der Waals surface area contributed by atoms with Crippen LogP contribution in [0, 0.1) is 0 Å². The van der Waals surface area contributed by atoms with E-state index in [0.717, 1.165) is 0 Å². The molecule has 5 heteroatoms. The van der Waals surface area contributed by atoms with Gasteiger partial charge in [-0.15, -0.1) is 0 Å². The molecule has 0 bridgehead atoms. The molecule has 0 aliphatic rings. The lowest BCUT2D eigenvalue weighted by Gasteiger charge is -2.28. The highest BCUT2D eigenvalue weighted by molar-refractivity contribution is 5.80. The molecule has 1 atom stereocenters. The van der Waals surface area contributed by atoms with Crippen LogP contribution in [0.1, 0.15) is 6.92 Å². The minimum absolute atomic E-state index is 0.00888. The van der Waals surface area contributed by atoms with Crippen LogP contribution in [-0.4, -0.2) is 72.4 Å². The molecule has 0 saturated carbocycles. The summed E-state index contributed by atoms with van der Waals surface area (Å²) in [6, 6.07) is -0.302. The number of rotatable bonds is 6. The van der Waals surface area contributed by atoms with Crippen LogP contribution in [-0.2, 0) is 4.79 Å². The van der Waals surface area contributed by atoms with Crippen LogP contribution in [0.25, 0.3) is 0 Å². The molecule has 1 amide bonds. The summed E-state index contributed by atoms with van der Waals surface area (Å²) in [5, 5.41) is 17.6. The second-order valence-electron chi connectivity index (χ2n) is 3.39. The van der Waals surface area contributed by atoms with E-state index in [1.807, 2.05) is 0 Å². The van der Waals surface area contributed by atoms with Crippen LogP contribution in [0.15, 0.2) is 0 Å². The van der Waals surface area contributed by atoms with Crippen molar-refractivity contribution in [3.8, 4) is 0 Å². The smallest absolute Gasteiger partial charge is 0.239 e. The molecule has 0 saturated heterocycles. The molecule has 5 nitrogen and oxygen atoms in total. The standard InChI is InChI=1S/C9H20N2O3/c1-8(9(14)10(2)3)11(4-6-12)5-7-13/h8,12-13H,4-7H2,1-3H3. The predicted octanol–water partition coefficient (Wildman–Crippen LogP) is -1.25. The maximum Gasteiger partial charge on any atom is 0.239 e. The molecule has 1 unspecified atom stereocenters. The molecule has 0 aliphatic carbocycles. The van der Waals surface area contributed by atoms with E-state index in [4.69, 9.17) is 10.2 Å². The average Bonchev–Trinajstić information content (AvgIpc) is 2.15. The fourth-order valence-corrected chi connectivity index (χ4v) is 1.29. The highest BCUT2D eigenvalue weighted by atomic mass is 16.3. The van der Waals surface area contributed by atoms with Gasteiger partial charge in [0.25, 0.3) is 0 Å². The molecule has 0 aromatic heterocycles. The van der Waals surface area contributed by atoms with E-state index in [-0.39, 0.29) is 25.2 Å². The molecule has 0 aliphatic heterocycles. The van der Waals surface area contributed by atoms with Crippen molar-refractivity contribution in [1.29, 1.82) is 0 Å². The molecular formula is C9H20N2O3. The summed E-state index contributed by atoms with van der Waals surface area (Å²) in [4.78, 5) is 14.8. The Labute approximate surface area is 84.9 Å². The summed E-state index contributed by atoms with van der Waals surface area (Å²) in [6.07, 6.45) is 0. The molecule has 0 aromatic rings. The van der Waals surface area contributed by atoms with E-state index >= 15 is 0 Å². The molecular weight excluding hydrogens is 184 g/mol. The third-order valence-electron chi connectivity index (χ3n) is 2.12. The largest absolute Gasteiger partial charge is 0.395 e. The zero-order valence-corrected chi connectivity index (χ0v) is 9.10. The minimum atomic E-state index is -0.302. The molecule has 0 radical (unpaired) electrons. The van der Waals surface area contributed by atoms with Crippen molar-refractivity contribution in [3.05, 3.63) is 0 Å². The number of nitrogens with zero attached hydrogens (tertiary/aromatic N) is 2. The molecule has 0 spiro atoms. The van der Waals surface area contributed by atoms with Gasteiger partial charge in [0.2, 0.25) is 5.91 Å². The molecule has 2 N–H and O–H groups in total. The van der Waals surface area contributed by atoms with E-state index in [1.165, 1.54) is 4.90 Å². The Morgan fingerprint density at radius 3 is 1.93 bits per heavy atom. The SMILES string of the molecule is CC(C(=O)N(C)C)N(CCO)CCO. The summed E-state index contributed by atoms with van der Waals surface area (Å²) < 4.78 is 0. The zero-order chi connectivity index (χ0) is 11.1. The highest BCUT2D eigenvalue weighted by Crippen LogP contribution is 2.01. The molecule has 0 fully saturated rings. The van der Waals surface area contributed by atoms with E-state index < -0.39 is 0 Å². The number of hydrogen-bond acceptors (Lipinski definition) is 4. The van der Waals surface area contributed by atoms with Gasteiger partial charge in [0.15, 0.2) is 0 Å². The van der Waals surface area contributed by atoms with Gasteiger partial charge < -0.3 is 15.1 Å². The second-order valence-corrected chi connectivity index (χ2v) is 3.39. The number of carbonyl (C=O) groups excluding carboxylic acids is 1. The van der Waals surface area contributed by atoms with Crippen molar-refractivity contribution in [2.75, 3.05) is 40.4 Å². The molecule has 0 aromatic carbocycles. The Bertz CT molecular complexity index is 167. The van der Waals surface area contributed by atoms with Gasteiger partial charge in [-0.3, -0.25) is 9.69 Å². The number of amides is 1. The number of hydrogen-bond donors (Lipinski definition) is 2. The van der Waals surface area contributed by atoms with E-state index in [0.29, 0.717) is 13.1 Å². The van der Waals surface area contributed by atoms with Gasteiger partial charge in [0, 0.05) is 27.2 Å². The van der Waals surface area contributed by atoms with Crippen LogP contribution < -0.4 is 0 Å². The lowest BCUT2D eigenvalue weighted by molar-refractivity contribution is -0.134. The van der Waals surface area contributed by atoms with Crippen LogP contribution >= 0.6 is 0 Å². The van der Waals surface area contributed by atoms with Gasteiger partial charge in [-0.25, -0.2) is 0 Å². The number of likely N-dealkylation sites (N-methyl/N-ethyl adjacent to an activating group) is 1. The quantitative estimate of drug-likeness (QED) is 0.567. The van der Waals surface area contributed by atoms with Crippen molar-refractivity contribution in [2.45, 2.75) is 13.0 Å². The molecule has 84 valence electrons. The first-order valence-electron chi connectivity index (χ1n) is 4.71. The lowest BCUT2D eigenvalue weighted by atomic mass is 10.2. The molecule has 0 rings (SSSR count). The summed E-state index contributed by atoms with van der Waals surface area (Å²) >= 11 is 0. The average molecular weight is 204 g/mol. The van der Waals surface area contributed by atoms with Crippen molar-refractivity contribution >= 4 is 5.91 Å². The fourth-order valence-electron chi connectivity index (χ4n) is 1.29. The van der Waals surface area contributed by atoms with Gasteiger partial charge in [-0.2, -0.15) is 0 Å². The summed E-state index contributed by atoms with van der Waals surface area (Å²) in [6.45, 7) is 2.56. The molecule has 14 heavy (non-hydrogen) atoms.